The molecule has 1 rings (SSSR count). The van der Waals surface area contributed by atoms with Gasteiger partial charge in [0.15, 0.2) is 0 Å². The molecule has 0 spiro atoms. The van der Waals surface area contributed by atoms with Crippen LogP contribution in [0.3, 0.4) is 0 Å². The highest BCUT2D eigenvalue weighted by atomic mass is 35.5. The summed E-state index contributed by atoms with van der Waals surface area (Å²) in [6.07, 6.45) is 2.15. The molecule has 0 aliphatic rings. The monoisotopic (exact) mass is 212 g/mol. The molecular weight excluding hydrogens is 196 g/mol. The molecule has 78 valence electrons. The van der Waals surface area contributed by atoms with Gasteiger partial charge in [-0.2, -0.15) is 0 Å². The lowest BCUT2D eigenvalue weighted by atomic mass is 9.98. The molecule has 0 bridgehead atoms. The smallest absolute Gasteiger partial charge is 0.0462 e. The minimum absolute atomic E-state index is 0.234. The van der Waals surface area contributed by atoms with Gasteiger partial charge in [0.1, 0.15) is 0 Å². The number of hydrogen-bond donors (Lipinski definition) is 2. The van der Waals surface area contributed by atoms with E-state index in [0.717, 1.165) is 17.9 Å². The Morgan fingerprint density at radius 1 is 1.50 bits per heavy atom. The zero-order valence-corrected chi connectivity index (χ0v) is 9.43. The molecule has 0 aromatic heterocycles. The largest absolute Gasteiger partial charge is 0.271 e. The number of hydrogen-bond acceptors (Lipinski definition) is 2. The summed E-state index contributed by atoms with van der Waals surface area (Å²) in [5.41, 5.74) is 5.26. The van der Waals surface area contributed by atoms with Crippen molar-refractivity contribution in [2.24, 2.45) is 5.84 Å². The summed E-state index contributed by atoms with van der Waals surface area (Å²) in [5, 5.41) is 0.776. The summed E-state index contributed by atoms with van der Waals surface area (Å²) < 4.78 is 0. The van der Waals surface area contributed by atoms with Gasteiger partial charge < -0.3 is 0 Å². The number of nitrogens with two attached hydrogens (primary N) is 1. The second kappa shape index (κ2) is 5.35. The Balaban J connectivity index is 2.92. The van der Waals surface area contributed by atoms with Crippen LogP contribution in [0, 0.1) is 6.92 Å². The van der Waals surface area contributed by atoms with Gasteiger partial charge in [-0.25, -0.2) is 0 Å². The van der Waals surface area contributed by atoms with Gasteiger partial charge in [0, 0.05) is 11.1 Å². The Labute approximate surface area is 90.4 Å². The van der Waals surface area contributed by atoms with E-state index in [2.05, 4.69) is 19.3 Å². The number of aryl methyl sites for hydroxylation is 1. The van der Waals surface area contributed by atoms with Crippen LogP contribution in [0.1, 0.15) is 36.9 Å². The maximum Gasteiger partial charge on any atom is 0.0462 e. The Morgan fingerprint density at radius 3 is 2.71 bits per heavy atom. The minimum atomic E-state index is 0.234. The van der Waals surface area contributed by atoms with Crippen molar-refractivity contribution in [3.05, 3.63) is 34.3 Å². The molecule has 14 heavy (non-hydrogen) atoms. The highest BCUT2D eigenvalue weighted by Crippen LogP contribution is 2.23. The molecule has 1 atom stereocenters. The van der Waals surface area contributed by atoms with E-state index in [1.54, 1.807) is 0 Å². The van der Waals surface area contributed by atoms with Crippen molar-refractivity contribution in [1.82, 2.24) is 5.43 Å². The van der Waals surface area contributed by atoms with Crippen molar-refractivity contribution in [3.8, 4) is 0 Å². The number of benzene rings is 1. The standard InChI is InChI=1S/C11H17ClN2/c1-3-4-11(14-13)10-6-5-9(12)7-8(10)2/h5-7,11,14H,3-4,13H2,1-2H3. The van der Waals surface area contributed by atoms with E-state index in [1.807, 2.05) is 18.2 Å². The molecule has 0 aliphatic heterocycles. The van der Waals surface area contributed by atoms with Crippen LogP contribution in [0.5, 0.6) is 0 Å². The van der Waals surface area contributed by atoms with Crippen molar-refractivity contribution in [2.45, 2.75) is 32.7 Å². The topological polar surface area (TPSA) is 38.0 Å². The van der Waals surface area contributed by atoms with Crippen LogP contribution >= 0.6 is 11.6 Å². The van der Waals surface area contributed by atoms with Crippen LogP contribution in [0.2, 0.25) is 5.02 Å². The second-order valence-corrected chi connectivity index (χ2v) is 3.95. The third kappa shape index (κ3) is 2.71. The highest BCUT2D eigenvalue weighted by Gasteiger charge is 2.10. The lowest BCUT2D eigenvalue weighted by Crippen LogP contribution is -2.28. The molecule has 0 radical (unpaired) electrons. The summed E-state index contributed by atoms with van der Waals surface area (Å²) in [7, 11) is 0. The fourth-order valence-corrected chi connectivity index (χ4v) is 1.87. The van der Waals surface area contributed by atoms with Crippen LogP contribution in [-0.2, 0) is 0 Å². The molecule has 3 N–H and O–H groups in total. The molecule has 1 aromatic carbocycles. The minimum Gasteiger partial charge on any atom is -0.271 e. The van der Waals surface area contributed by atoms with E-state index in [9.17, 15) is 0 Å². The molecular formula is C11H17ClN2. The van der Waals surface area contributed by atoms with E-state index in [-0.39, 0.29) is 6.04 Å². The van der Waals surface area contributed by atoms with E-state index in [4.69, 9.17) is 17.4 Å². The molecule has 0 aliphatic carbocycles. The Morgan fingerprint density at radius 2 is 2.21 bits per heavy atom. The molecule has 0 amide bonds. The van der Waals surface area contributed by atoms with Crippen LogP contribution in [0.15, 0.2) is 18.2 Å². The van der Waals surface area contributed by atoms with Crippen molar-refractivity contribution < 1.29 is 0 Å². The van der Waals surface area contributed by atoms with Crippen LogP contribution in [0.4, 0.5) is 0 Å². The Hall–Kier alpha value is -0.570. The summed E-state index contributed by atoms with van der Waals surface area (Å²) >= 11 is 5.89. The average molecular weight is 213 g/mol. The summed E-state index contributed by atoms with van der Waals surface area (Å²) in [6, 6.07) is 6.15. The Kier molecular flexibility index (Phi) is 4.39. The number of halogens is 1. The first-order chi connectivity index (χ1) is 6.69. The third-order valence-corrected chi connectivity index (χ3v) is 2.62. The molecule has 1 unspecified atom stereocenters. The maximum absolute atomic E-state index is 5.89. The number of nitrogens with one attached hydrogen (secondary N) is 1. The van der Waals surface area contributed by atoms with Crippen LogP contribution < -0.4 is 11.3 Å². The first-order valence-corrected chi connectivity index (χ1v) is 5.29. The molecule has 3 heteroatoms. The molecule has 0 saturated heterocycles. The highest BCUT2D eigenvalue weighted by molar-refractivity contribution is 6.30. The van der Waals surface area contributed by atoms with Crippen LogP contribution in [-0.4, -0.2) is 0 Å². The van der Waals surface area contributed by atoms with Gasteiger partial charge in [-0.3, -0.25) is 11.3 Å². The predicted octanol–water partition coefficient (Wildman–Crippen LogP) is 2.95. The van der Waals surface area contributed by atoms with Gasteiger partial charge in [-0.15, -0.1) is 0 Å². The van der Waals surface area contributed by atoms with E-state index in [1.165, 1.54) is 11.1 Å². The van der Waals surface area contributed by atoms with E-state index >= 15 is 0 Å². The SMILES string of the molecule is CCCC(NN)c1ccc(Cl)cc1C. The van der Waals surface area contributed by atoms with Gasteiger partial charge in [0.05, 0.1) is 0 Å². The summed E-state index contributed by atoms with van der Waals surface area (Å²) in [4.78, 5) is 0. The van der Waals surface area contributed by atoms with Gasteiger partial charge >= 0.3 is 0 Å². The average Bonchev–Trinajstić information content (AvgIpc) is 2.15. The zero-order chi connectivity index (χ0) is 10.6. The first kappa shape index (κ1) is 11.5. The van der Waals surface area contributed by atoms with Crippen molar-refractivity contribution in [2.75, 3.05) is 0 Å². The quantitative estimate of drug-likeness (QED) is 0.595. The van der Waals surface area contributed by atoms with Crippen molar-refractivity contribution in [1.29, 1.82) is 0 Å². The fraction of sp³-hybridized carbons (Fsp3) is 0.455. The third-order valence-electron chi connectivity index (χ3n) is 2.39. The number of rotatable bonds is 4. The van der Waals surface area contributed by atoms with Gasteiger partial charge in [0.25, 0.3) is 0 Å². The van der Waals surface area contributed by atoms with Gasteiger partial charge in [0.2, 0.25) is 0 Å². The first-order valence-electron chi connectivity index (χ1n) is 4.91. The van der Waals surface area contributed by atoms with E-state index in [0.29, 0.717) is 0 Å². The van der Waals surface area contributed by atoms with Gasteiger partial charge in [-0.05, 0) is 36.6 Å². The fourth-order valence-electron chi connectivity index (χ4n) is 1.65. The molecule has 0 fully saturated rings. The molecule has 2 nitrogen and oxygen atoms in total. The van der Waals surface area contributed by atoms with Crippen molar-refractivity contribution in [3.63, 3.8) is 0 Å². The summed E-state index contributed by atoms with van der Waals surface area (Å²) in [6.45, 7) is 4.21. The maximum atomic E-state index is 5.89. The van der Waals surface area contributed by atoms with Crippen LogP contribution in [0.25, 0.3) is 0 Å². The molecule has 1 aromatic rings. The number of hydrazine groups is 1. The predicted molar refractivity (Wildman–Crippen MR) is 61.2 cm³/mol. The van der Waals surface area contributed by atoms with Crippen molar-refractivity contribution >= 4 is 11.6 Å². The second-order valence-electron chi connectivity index (χ2n) is 3.51. The lowest BCUT2D eigenvalue weighted by Gasteiger charge is -2.17. The lowest BCUT2D eigenvalue weighted by molar-refractivity contribution is 0.508. The summed E-state index contributed by atoms with van der Waals surface area (Å²) in [5.74, 6) is 5.51. The van der Waals surface area contributed by atoms with Gasteiger partial charge in [-0.1, -0.05) is 31.0 Å². The van der Waals surface area contributed by atoms with E-state index < -0.39 is 0 Å². The Bertz CT molecular complexity index is 299. The molecule has 0 heterocycles. The normalized spacial score (nSPS) is 12.9. The zero-order valence-electron chi connectivity index (χ0n) is 8.68. The molecule has 0 saturated carbocycles.